The van der Waals surface area contributed by atoms with Crippen molar-refractivity contribution in [2.24, 2.45) is 0 Å². The van der Waals surface area contributed by atoms with Crippen molar-refractivity contribution in [1.82, 2.24) is 10.6 Å². The molecule has 5 nitrogen and oxygen atoms in total. The number of rotatable bonds is 7. The van der Waals surface area contributed by atoms with Crippen LogP contribution in [-0.4, -0.2) is 30.0 Å². The molecule has 0 spiro atoms. The van der Waals surface area contributed by atoms with Gasteiger partial charge in [-0.3, -0.25) is 9.59 Å². The van der Waals surface area contributed by atoms with Gasteiger partial charge < -0.3 is 15.7 Å². The van der Waals surface area contributed by atoms with Crippen LogP contribution in [-0.2, 0) is 11.2 Å². The second kappa shape index (κ2) is 8.67. The third kappa shape index (κ3) is 5.72. The molecular weight excluding hydrogens is 311 g/mol. The third-order valence-corrected chi connectivity index (χ3v) is 3.32. The van der Waals surface area contributed by atoms with E-state index in [9.17, 15) is 19.1 Å². The Labute approximate surface area is 139 Å². The molecule has 3 N–H and O–H groups in total. The maximum absolute atomic E-state index is 13.0. The lowest BCUT2D eigenvalue weighted by atomic mass is 10.1. The summed E-state index contributed by atoms with van der Waals surface area (Å²) in [6, 6.07) is 12.0. The Bertz CT molecular complexity index is 719. The normalized spacial score (nSPS) is 10.2. The number of phenols is 1. The van der Waals surface area contributed by atoms with Crippen LogP contribution >= 0.6 is 0 Å². The monoisotopic (exact) mass is 330 g/mol. The number of hydrogen-bond acceptors (Lipinski definition) is 3. The zero-order valence-corrected chi connectivity index (χ0v) is 13.1. The van der Waals surface area contributed by atoms with Crippen LogP contribution in [0.5, 0.6) is 5.75 Å². The number of halogens is 1. The summed E-state index contributed by atoms with van der Waals surface area (Å²) in [5.74, 6) is -0.833. The Hall–Kier alpha value is -2.89. The first-order valence-electron chi connectivity index (χ1n) is 7.63. The minimum Gasteiger partial charge on any atom is -0.508 e. The predicted molar refractivity (Wildman–Crippen MR) is 88.2 cm³/mol. The summed E-state index contributed by atoms with van der Waals surface area (Å²) < 4.78 is 13.0. The zero-order valence-electron chi connectivity index (χ0n) is 13.1. The van der Waals surface area contributed by atoms with E-state index in [1.54, 1.807) is 24.3 Å². The standard InChI is InChI=1S/C18H19FN2O3/c19-15-6-2-5-14(12-15)18(24)21-9-3-8-20-17(23)11-13-4-1-7-16(22)10-13/h1-2,4-7,10,12,22H,3,8-9,11H2,(H,20,23)(H,21,24). The van der Waals surface area contributed by atoms with Crippen LogP contribution in [0.4, 0.5) is 4.39 Å². The molecule has 0 radical (unpaired) electrons. The molecule has 0 aliphatic rings. The van der Waals surface area contributed by atoms with Gasteiger partial charge in [0, 0.05) is 18.7 Å². The molecule has 0 atom stereocenters. The van der Waals surface area contributed by atoms with Crippen LogP contribution in [0.3, 0.4) is 0 Å². The molecule has 2 aromatic rings. The summed E-state index contributed by atoms with van der Waals surface area (Å²) in [6.45, 7) is 0.794. The van der Waals surface area contributed by atoms with Gasteiger partial charge in [-0.25, -0.2) is 4.39 Å². The molecule has 0 aliphatic heterocycles. The number of aromatic hydroxyl groups is 1. The quantitative estimate of drug-likeness (QED) is 0.680. The molecule has 6 heteroatoms. The van der Waals surface area contributed by atoms with E-state index in [-0.39, 0.29) is 29.5 Å². The van der Waals surface area contributed by atoms with Gasteiger partial charge in [-0.1, -0.05) is 18.2 Å². The Balaban J connectivity index is 1.64. The van der Waals surface area contributed by atoms with Crippen molar-refractivity contribution in [2.75, 3.05) is 13.1 Å². The minimum absolute atomic E-state index is 0.125. The van der Waals surface area contributed by atoms with Gasteiger partial charge in [-0.05, 0) is 42.3 Å². The van der Waals surface area contributed by atoms with E-state index in [0.29, 0.717) is 19.5 Å². The second-order valence-corrected chi connectivity index (χ2v) is 5.32. The highest BCUT2D eigenvalue weighted by molar-refractivity contribution is 5.94. The number of nitrogens with one attached hydrogen (secondary N) is 2. The van der Waals surface area contributed by atoms with Gasteiger partial charge >= 0.3 is 0 Å². The average Bonchev–Trinajstić information content (AvgIpc) is 2.54. The molecule has 0 saturated heterocycles. The number of phenolic OH excluding ortho intramolecular Hbond substituents is 1. The van der Waals surface area contributed by atoms with E-state index < -0.39 is 5.82 Å². The SMILES string of the molecule is O=C(Cc1cccc(O)c1)NCCCNC(=O)c1cccc(F)c1. The van der Waals surface area contributed by atoms with Gasteiger partial charge in [-0.15, -0.1) is 0 Å². The molecule has 24 heavy (non-hydrogen) atoms. The highest BCUT2D eigenvalue weighted by Crippen LogP contribution is 2.11. The van der Waals surface area contributed by atoms with Crippen molar-refractivity contribution in [3.8, 4) is 5.75 Å². The van der Waals surface area contributed by atoms with Crippen LogP contribution in [0, 0.1) is 5.82 Å². The van der Waals surface area contributed by atoms with Gasteiger partial charge in [0.05, 0.1) is 6.42 Å². The van der Waals surface area contributed by atoms with Crippen molar-refractivity contribution < 1.29 is 19.1 Å². The van der Waals surface area contributed by atoms with Gasteiger partial charge in [0.2, 0.25) is 5.91 Å². The maximum atomic E-state index is 13.0. The van der Waals surface area contributed by atoms with Crippen LogP contribution in [0.1, 0.15) is 22.3 Å². The summed E-state index contributed by atoms with van der Waals surface area (Å²) >= 11 is 0. The molecule has 0 aromatic heterocycles. The van der Waals surface area contributed by atoms with E-state index in [4.69, 9.17) is 0 Å². The Kier molecular flexibility index (Phi) is 6.31. The van der Waals surface area contributed by atoms with E-state index >= 15 is 0 Å². The van der Waals surface area contributed by atoms with Gasteiger partial charge in [0.25, 0.3) is 5.91 Å². The van der Waals surface area contributed by atoms with Crippen molar-refractivity contribution in [1.29, 1.82) is 0 Å². The van der Waals surface area contributed by atoms with Crippen LogP contribution in [0.2, 0.25) is 0 Å². The molecule has 0 saturated carbocycles. The van der Waals surface area contributed by atoms with Crippen LogP contribution in [0.15, 0.2) is 48.5 Å². The molecule has 2 rings (SSSR count). The van der Waals surface area contributed by atoms with E-state index in [0.717, 1.165) is 5.56 Å². The topological polar surface area (TPSA) is 78.4 Å². The molecule has 2 amide bonds. The Morgan fingerprint density at radius 2 is 1.75 bits per heavy atom. The van der Waals surface area contributed by atoms with Gasteiger partial charge in [-0.2, -0.15) is 0 Å². The lowest BCUT2D eigenvalue weighted by Gasteiger charge is -2.07. The molecule has 126 valence electrons. The first-order valence-corrected chi connectivity index (χ1v) is 7.63. The molecule has 0 heterocycles. The summed E-state index contributed by atoms with van der Waals surface area (Å²) in [5.41, 5.74) is 0.995. The average molecular weight is 330 g/mol. The minimum atomic E-state index is -0.457. The summed E-state index contributed by atoms with van der Waals surface area (Å²) in [4.78, 5) is 23.5. The van der Waals surface area contributed by atoms with Crippen LogP contribution in [0.25, 0.3) is 0 Å². The van der Waals surface area contributed by atoms with E-state index in [1.165, 1.54) is 24.3 Å². The first kappa shape index (κ1) is 17.5. The Morgan fingerprint density at radius 3 is 2.50 bits per heavy atom. The summed E-state index contributed by atoms with van der Waals surface area (Å²) in [5, 5.41) is 14.7. The van der Waals surface area contributed by atoms with Gasteiger partial charge in [0.15, 0.2) is 0 Å². The molecule has 2 aromatic carbocycles. The molecule has 0 bridgehead atoms. The fraction of sp³-hybridized carbons (Fsp3) is 0.222. The third-order valence-electron chi connectivity index (χ3n) is 3.32. The number of amides is 2. The molecule has 0 fully saturated rings. The number of carbonyl (C=O) groups excluding carboxylic acids is 2. The molecular formula is C18H19FN2O3. The van der Waals surface area contributed by atoms with Crippen LogP contribution < -0.4 is 10.6 Å². The lowest BCUT2D eigenvalue weighted by molar-refractivity contribution is -0.120. The number of carbonyl (C=O) groups is 2. The predicted octanol–water partition coefficient (Wildman–Crippen LogP) is 2.01. The van der Waals surface area contributed by atoms with Crippen molar-refractivity contribution >= 4 is 11.8 Å². The first-order chi connectivity index (χ1) is 11.5. The smallest absolute Gasteiger partial charge is 0.251 e. The van der Waals surface area contributed by atoms with E-state index in [1.807, 2.05) is 0 Å². The summed E-state index contributed by atoms with van der Waals surface area (Å²) in [7, 11) is 0. The second-order valence-electron chi connectivity index (χ2n) is 5.32. The maximum Gasteiger partial charge on any atom is 0.251 e. The fourth-order valence-corrected chi connectivity index (χ4v) is 2.16. The zero-order chi connectivity index (χ0) is 17.4. The van der Waals surface area contributed by atoms with Crippen molar-refractivity contribution in [3.05, 3.63) is 65.5 Å². The fourth-order valence-electron chi connectivity index (χ4n) is 2.16. The van der Waals surface area contributed by atoms with Crippen molar-refractivity contribution in [2.45, 2.75) is 12.8 Å². The molecule has 0 aliphatic carbocycles. The highest BCUT2D eigenvalue weighted by atomic mass is 19.1. The van der Waals surface area contributed by atoms with E-state index in [2.05, 4.69) is 10.6 Å². The molecule has 0 unspecified atom stereocenters. The van der Waals surface area contributed by atoms with Gasteiger partial charge in [0.1, 0.15) is 11.6 Å². The highest BCUT2D eigenvalue weighted by Gasteiger charge is 2.06. The van der Waals surface area contributed by atoms with Crippen molar-refractivity contribution in [3.63, 3.8) is 0 Å². The Morgan fingerprint density at radius 1 is 1.00 bits per heavy atom. The number of benzene rings is 2. The number of hydrogen-bond donors (Lipinski definition) is 3. The lowest BCUT2D eigenvalue weighted by Crippen LogP contribution is -2.30. The largest absolute Gasteiger partial charge is 0.508 e. The summed E-state index contributed by atoms with van der Waals surface area (Å²) in [6.07, 6.45) is 0.747.